The van der Waals surface area contributed by atoms with Gasteiger partial charge in [-0.05, 0) is 52.1 Å². The highest BCUT2D eigenvalue weighted by Crippen LogP contribution is 2.31. The molecule has 1 aliphatic rings. The summed E-state index contributed by atoms with van der Waals surface area (Å²) in [6.07, 6.45) is 1.92. The number of carbonyl (C=O) groups excluding carboxylic acids is 1. The van der Waals surface area contributed by atoms with Crippen LogP contribution < -0.4 is 4.80 Å². The zero-order chi connectivity index (χ0) is 22.2. The molecule has 0 unspecified atom stereocenters. The minimum Gasteiger partial charge on any atom is -0.312 e. The lowest BCUT2D eigenvalue weighted by Gasteiger charge is -2.09. The Balaban J connectivity index is 1.35. The summed E-state index contributed by atoms with van der Waals surface area (Å²) in [4.78, 5) is 17.6. The van der Waals surface area contributed by atoms with Gasteiger partial charge in [-0.25, -0.2) is 5.10 Å². The summed E-state index contributed by atoms with van der Waals surface area (Å²) in [5, 5.41) is 14.3. The van der Waals surface area contributed by atoms with Crippen molar-refractivity contribution in [3.8, 4) is 22.5 Å². The Bertz CT molecular complexity index is 1510. The number of thiazole rings is 1. The fraction of sp³-hybridized carbons (Fsp3) is 0.160. The summed E-state index contributed by atoms with van der Waals surface area (Å²) in [6.45, 7) is 0.648. The van der Waals surface area contributed by atoms with Crippen molar-refractivity contribution in [1.82, 2.24) is 25.2 Å². The molecule has 7 nitrogen and oxygen atoms in total. The van der Waals surface area contributed by atoms with E-state index in [1.165, 1.54) is 0 Å². The predicted octanol–water partition coefficient (Wildman–Crippen LogP) is 4.44. The number of hydrogen-bond donors (Lipinski definition) is 1. The molecule has 1 N–H and O–H groups in total. The van der Waals surface area contributed by atoms with E-state index in [1.807, 2.05) is 30.3 Å². The minimum absolute atomic E-state index is 0.00386. The molecule has 6 rings (SSSR count). The van der Waals surface area contributed by atoms with Crippen molar-refractivity contribution in [3.05, 3.63) is 83.2 Å². The van der Waals surface area contributed by atoms with Gasteiger partial charge in [0.25, 0.3) is 5.91 Å². The zero-order valence-corrected chi connectivity index (χ0v) is 18.5. The molecule has 1 amide bonds. The number of amides is 1. The van der Waals surface area contributed by atoms with E-state index in [0.717, 1.165) is 50.1 Å². The maximum atomic E-state index is 12.4. The van der Waals surface area contributed by atoms with Gasteiger partial charge in [-0.1, -0.05) is 72.0 Å². The molecule has 162 valence electrons. The lowest BCUT2D eigenvalue weighted by molar-refractivity contribution is -0.119. The van der Waals surface area contributed by atoms with Gasteiger partial charge < -0.3 is 4.57 Å². The van der Waals surface area contributed by atoms with Crippen LogP contribution in [0.15, 0.2) is 77.8 Å². The molecular formula is C25H20N6OS. The maximum Gasteiger partial charge on any atom is 0.251 e. The Labute approximate surface area is 193 Å². The van der Waals surface area contributed by atoms with Gasteiger partial charge >= 0.3 is 0 Å². The van der Waals surface area contributed by atoms with Gasteiger partial charge in [0.2, 0.25) is 0 Å². The van der Waals surface area contributed by atoms with Gasteiger partial charge in [-0.3, -0.25) is 4.79 Å². The number of carbonyl (C=O) groups is 1. The monoisotopic (exact) mass is 452 g/mol. The van der Waals surface area contributed by atoms with Gasteiger partial charge in [0.05, 0.1) is 16.8 Å². The molecule has 1 saturated carbocycles. The van der Waals surface area contributed by atoms with Crippen LogP contribution in [0.25, 0.3) is 32.7 Å². The molecule has 0 spiro atoms. The molecule has 1 aliphatic carbocycles. The average molecular weight is 453 g/mol. The summed E-state index contributed by atoms with van der Waals surface area (Å²) in [7, 11) is 0. The second-order valence-electron chi connectivity index (χ2n) is 8.16. The van der Waals surface area contributed by atoms with Gasteiger partial charge in [0.1, 0.15) is 0 Å². The van der Waals surface area contributed by atoms with Gasteiger partial charge in [-0.2, -0.15) is 4.99 Å². The van der Waals surface area contributed by atoms with E-state index in [9.17, 15) is 4.79 Å². The third-order valence-corrected chi connectivity index (χ3v) is 6.91. The van der Waals surface area contributed by atoms with Crippen LogP contribution in [0.1, 0.15) is 18.4 Å². The Hall–Kier alpha value is -3.91. The molecule has 3 aromatic carbocycles. The van der Waals surface area contributed by atoms with Crippen molar-refractivity contribution in [2.75, 3.05) is 0 Å². The number of H-pyrrole nitrogens is 1. The van der Waals surface area contributed by atoms with E-state index >= 15 is 0 Å². The molecule has 0 bridgehead atoms. The van der Waals surface area contributed by atoms with Gasteiger partial charge in [-0.15, -0.1) is 5.10 Å². The van der Waals surface area contributed by atoms with Crippen LogP contribution in [0.4, 0.5) is 0 Å². The van der Waals surface area contributed by atoms with Crippen molar-refractivity contribution < 1.29 is 4.79 Å². The van der Waals surface area contributed by atoms with E-state index < -0.39 is 0 Å². The molecule has 0 saturated heterocycles. The summed E-state index contributed by atoms with van der Waals surface area (Å²) < 4.78 is 3.27. The fourth-order valence-electron chi connectivity index (χ4n) is 3.96. The summed E-state index contributed by atoms with van der Waals surface area (Å²) in [5.41, 5.74) is 5.33. The van der Waals surface area contributed by atoms with Crippen molar-refractivity contribution in [3.63, 3.8) is 0 Å². The lowest BCUT2D eigenvalue weighted by atomic mass is 9.98. The first-order valence-corrected chi connectivity index (χ1v) is 11.7. The molecule has 0 aliphatic heterocycles. The molecular weight excluding hydrogens is 432 g/mol. The molecule has 0 radical (unpaired) electrons. The summed E-state index contributed by atoms with van der Waals surface area (Å²) in [5.74, 6) is 0.758. The van der Waals surface area contributed by atoms with Crippen LogP contribution in [0.5, 0.6) is 0 Å². The molecule has 1 fully saturated rings. The van der Waals surface area contributed by atoms with E-state index in [4.69, 9.17) is 0 Å². The van der Waals surface area contributed by atoms with Crippen LogP contribution in [0.2, 0.25) is 0 Å². The molecule has 0 atom stereocenters. The number of aromatic amines is 1. The Morgan fingerprint density at radius 3 is 2.52 bits per heavy atom. The second kappa shape index (κ2) is 8.22. The number of nitrogens with one attached hydrogen (secondary N) is 1. The molecule has 8 heteroatoms. The van der Waals surface area contributed by atoms with E-state index in [2.05, 4.69) is 72.6 Å². The zero-order valence-electron chi connectivity index (χ0n) is 17.7. The highest BCUT2D eigenvalue weighted by Gasteiger charge is 2.29. The Morgan fingerprint density at radius 1 is 1.00 bits per heavy atom. The van der Waals surface area contributed by atoms with Crippen LogP contribution >= 0.6 is 11.3 Å². The number of nitrogens with zero attached hydrogens (tertiary/aromatic N) is 5. The quantitative estimate of drug-likeness (QED) is 0.427. The van der Waals surface area contributed by atoms with E-state index in [0.29, 0.717) is 12.4 Å². The van der Waals surface area contributed by atoms with Crippen molar-refractivity contribution >= 4 is 27.5 Å². The topological polar surface area (TPSA) is 88.8 Å². The smallest absolute Gasteiger partial charge is 0.251 e. The first-order valence-electron chi connectivity index (χ1n) is 10.9. The third-order valence-electron chi connectivity index (χ3n) is 5.85. The number of benzene rings is 3. The summed E-state index contributed by atoms with van der Waals surface area (Å²) in [6, 6.07) is 24.7. The van der Waals surface area contributed by atoms with Gasteiger partial charge in [0, 0.05) is 11.5 Å². The molecule has 2 heterocycles. The lowest BCUT2D eigenvalue weighted by Crippen LogP contribution is -2.18. The average Bonchev–Trinajstić information content (AvgIpc) is 3.46. The Kier molecular flexibility index (Phi) is 4.92. The van der Waals surface area contributed by atoms with Crippen LogP contribution in [-0.4, -0.2) is 31.1 Å². The first kappa shape index (κ1) is 19.8. The van der Waals surface area contributed by atoms with Gasteiger partial charge in [0.15, 0.2) is 10.6 Å². The largest absolute Gasteiger partial charge is 0.312 e. The number of aromatic nitrogens is 5. The second-order valence-corrected chi connectivity index (χ2v) is 9.16. The number of fused-ring (bicyclic) bond motifs is 1. The van der Waals surface area contributed by atoms with Crippen molar-refractivity contribution in [2.24, 2.45) is 10.9 Å². The standard InChI is InChI=1S/C25H20N6OS/c32-24(18-13-14-18)26-25-31(21-7-3-4-8-22(21)33-25)15-16-9-11-17(12-10-16)19-5-1-2-6-20(19)23-27-29-30-28-23/h1-12,18H,13-15H2,(H,27,28,29,30)/b26-25-. The minimum atomic E-state index is 0.00386. The van der Waals surface area contributed by atoms with E-state index in [-0.39, 0.29) is 11.8 Å². The number of tetrazole rings is 1. The first-order chi connectivity index (χ1) is 16.3. The van der Waals surface area contributed by atoms with Crippen LogP contribution in [0.3, 0.4) is 0 Å². The molecule has 5 aromatic rings. The van der Waals surface area contributed by atoms with Crippen LogP contribution in [-0.2, 0) is 11.3 Å². The molecule has 2 aromatic heterocycles. The fourth-order valence-corrected chi connectivity index (χ4v) is 5.00. The maximum absolute atomic E-state index is 12.4. The van der Waals surface area contributed by atoms with Crippen LogP contribution in [0, 0.1) is 5.92 Å². The highest BCUT2D eigenvalue weighted by molar-refractivity contribution is 7.16. The SMILES string of the molecule is O=C(/N=c1\sc2ccccc2n1Cc1ccc(-c2ccccc2-c2nnn[nH]2)cc1)C1CC1. The van der Waals surface area contributed by atoms with E-state index in [1.54, 1.807) is 11.3 Å². The molecule has 33 heavy (non-hydrogen) atoms. The Morgan fingerprint density at radius 2 is 1.76 bits per heavy atom. The summed E-state index contributed by atoms with van der Waals surface area (Å²) >= 11 is 1.57. The predicted molar refractivity (Wildman–Crippen MR) is 127 cm³/mol. The highest BCUT2D eigenvalue weighted by atomic mass is 32.1. The number of para-hydroxylation sites is 1. The van der Waals surface area contributed by atoms with Crippen molar-refractivity contribution in [1.29, 1.82) is 0 Å². The third kappa shape index (κ3) is 3.89. The van der Waals surface area contributed by atoms with Crippen molar-refractivity contribution in [2.45, 2.75) is 19.4 Å². The number of hydrogen-bond acceptors (Lipinski definition) is 5. The number of rotatable bonds is 5. The normalized spacial score (nSPS) is 14.1.